The summed E-state index contributed by atoms with van der Waals surface area (Å²) in [7, 11) is 0. The number of carbonyl (C=O) groups excluding carboxylic acids is 1. The molecule has 0 radical (unpaired) electrons. The fraction of sp³-hybridized carbons (Fsp3) is 0.269. The summed E-state index contributed by atoms with van der Waals surface area (Å²) >= 11 is 1.67. The number of carbonyl (C=O) groups is 1. The smallest absolute Gasteiger partial charge is 0.228 e. The zero-order chi connectivity index (χ0) is 22.7. The number of hydrogen-bond donors (Lipinski definition) is 1. The summed E-state index contributed by atoms with van der Waals surface area (Å²) in [5.74, 6) is 0.873. The zero-order valence-electron chi connectivity index (χ0n) is 19.0. The lowest BCUT2D eigenvalue weighted by Gasteiger charge is -2.21. The van der Waals surface area contributed by atoms with Crippen molar-refractivity contribution >= 4 is 39.0 Å². The van der Waals surface area contributed by atoms with Crippen molar-refractivity contribution in [1.29, 1.82) is 0 Å². The Morgan fingerprint density at radius 2 is 1.81 bits per heavy atom. The predicted octanol–water partition coefficient (Wildman–Crippen LogP) is 6.14. The first-order valence-electron chi connectivity index (χ1n) is 10.9. The van der Waals surface area contributed by atoms with Gasteiger partial charge < -0.3 is 10.2 Å². The molecule has 2 aromatic carbocycles. The summed E-state index contributed by atoms with van der Waals surface area (Å²) in [6.45, 7) is 9.40. The molecule has 4 aromatic rings. The lowest BCUT2D eigenvalue weighted by molar-refractivity contribution is -0.118. The highest BCUT2D eigenvalue weighted by Gasteiger charge is 2.18. The Balaban J connectivity index is 1.55. The Morgan fingerprint density at radius 1 is 1.03 bits per heavy atom. The number of rotatable bonds is 7. The fourth-order valence-electron chi connectivity index (χ4n) is 3.97. The molecule has 6 heteroatoms. The van der Waals surface area contributed by atoms with Gasteiger partial charge in [0.1, 0.15) is 17.0 Å². The summed E-state index contributed by atoms with van der Waals surface area (Å²) in [5.41, 5.74) is 5.64. The van der Waals surface area contributed by atoms with Crippen LogP contribution in [0.4, 0.5) is 11.5 Å². The van der Waals surface area contributed by atoms with Gasteiger partial charge >= 0.3 is 0 Å². The molecule has 0 spiro atoms. The van der Waals surface area contributed by atoms with Crippen LogP contribution in [-0.2, 0) is 4.79 Å². The van der Waals surface area contributed by atoms with Crippen molar-refractivity contribution in [2.75, 3.05) is 23.3 Å². The molecular formula is C26H28N4OS. The van der Waals surface area contributed by atoms with E-state index in [0.717, 1.165) is 38.4 Å². The molecule has 0 bridgehead atoms. The van der Waals surface area contributed by atoms with Crippen LogP contribution in [0.25, 0.3) is 21.3 Å². The highest BCUT2D eigenvalue weighted by atomic mass is 32.1. The maximum atomic E-state index is 12.9. The van der Waals surface area contributed by atoms with E-state index in [4.69, 9.17) is 0 Å². The highest BCUT2D eigenvalue weighted by Crippen LogP contribution is 2.40. The van der Waals surface area contributed by atoms with E-state index < -0.39 is 0 Å². The molecule has 0 fully saturated rings. The quantitative estimate of drug-likeness (QED) is 0.372. The van der Waals surface area contributed by atoms with E-state index in [2.05, 4.69) is 53.4 Å². The van der Waals surface area contributed by atoms with Crippen molar-refractivity contribution < 1.29 is 4.79 Å². The molecule has 2 aromatic heterocycles. The number of thiophene rings is 1. The van der Waals surface area contributed by atoms with Crippen LogP contribution in [0.3, 0.4) is 0 Å². The molecule has 1 N–H and O–H groups in total. The SMILES string of the molecule is CCN(C(=O)CCNc1ncnc2sc(C)c(-c3ccc(C)cc3)c12)c1cccc(C)c1. The van der Waals surface area contributed by atoms with Gasteiger partial charge in [-0.3, -0.25) is 4.79 Å². The Morgan fingerprint density at radius 3 is 2.53 bits per heavy atom. The minimum Gasteiger partial charge on any atom is -0.369 e. The van der Waals surface area contributed by atoms with E-state index >= 15 is 0 Å². The van der Waals surface area contributed by atoms with Crippen LogP contribution >= 0.6 is 11.3 Å². The molecule has 2 heterocycles. The summed E-state index contributed by atoms with van der Waals surface area (Å²) in [4.78, 5) is 25.9. The maximum absolute atomic E-state index is 12.9. The molecule has 32 heavy (non-hydrogen) atoms. The summed E-state index contributed by atoms with van der Waals surface area (Å²) < 4.78 is 0. The maximum Gasteiger partial charge on any atom is 0.228 e. The largest absolute Gasteiger partial charge is 0.369 e. The van der Waals surface area contributed by atoms with Crippen LogP contribution in [-0.4, -0.2) is 29.0 Å². The summed E-state index contributed by atoms with van der Waals surface area (Å²) in [6, 6.07) is 16.6. The topological polar surface area (TPSA) is 58.1 Å². The lowest BCUT2D eigenvalue weighted by Crippen LogP contribution is -2.32. The fourth-order valence-corrected chi connectivity index (χ4v) is 4.98. The molecular weight excluding hydrogens is 416 g/mol. The number of aryl methyl sites for hydroxylation is 3. The van der Waals surface area contributed by atoms with E-state index in [-0.39, 0.29) is 5.91 Å². The van der Waals surface area contributed by atoms with Gasteiger partial charge in [-0.05, 0) is 51.0 Å². The third-order valence-corrected chi connectivity index (χ3v) is 6.58. The van der Waals surface area contributed by atoms with Crippen molar-refractivity contribution in [3.63, 3.8) is 0 Å². The number of benzene rings is 2. The van der Waals surface area contributed by atoms with Crippen molar-refractivity contribution in [3.8, 4) is 11.1 Å². The van der Waals surface area contributed by atoms with E-state index in [1.54, 1.807) is 17.7 Å². The number of nitrogens with one attached hydrogen (secondary N) is 1. The van der Waals surface area contributed by atoms with E-state index in [1.807, 2.05) is 43.0 Å². The zero-order valence-corrected chi connectivity index (χ0v) is 19.8. The van der Waals surface area contributed by atoms with Crippen molar-refractivity contribution in [2.45, 2.75) is 34.1 Å². The predicted molar refractivity (Wildman–Crippen MR) is 135 cm³/mol. The van der Waals surface area contributed by atoms with Gasteiger partial charge in [-0.1, -0.05) is 42.0 Å². The van der Waals surface area contributed by atoms with Crippen LogP contribution in [0.15, 0.2) is 54.9 Å². The molecule has 4 rings (SSSR count). The molecule has 0 saturated carbocycles. The number of hydrogen-bond acceptors (Lipinski definition) is 5. The normalized spacial score (nSPS) is 11.0. The molecule has 0 aliphatic rings. The number of amides is 1. The number of aromatic nitrogens is 2. The van der Waals surface area contributed by atoms with E-state index in [1.165, 1.54) is 10.4 Å². The summed E-state index contributed by atoms with van der Waals surface area (Å²) in [5, 5.41) is 4.43. The third-order valence-electron chi connectivity index (χ3n) is 5.57. The van der Waals surface area contributed by atoms with E-state index in [9.17, 15) is 4.79 Å². The molecule has 0 unspecified atom stereocenters. The van der Waals surface area contributed by atoms with Gasteiger partial charge in [0.15, 0.2) is 0 Å². The van der Waals surface area contributed by atoms with Crippen molar-refractivity contribution in [1.82, 2.24) is 9.97 Å². The average Bonchev–Trinajstić information content (AvgIpc) is 3.11. The first-order valence-corrected chi connectivity index (χ1v) is 11.7. The number of fused-ring (bicyclic) bond motifs is 1. The molecule has 5 nitrogen and oxygen atoms in total. The average molecular weight is 445 g/mol. The Bertz CT molecular complexity index is 1250. The molecule has 1 amide bonds. The van der Waals surface area contributed by atoms with Gasteiger partial charge in [0.2, 0.25) is 5.91 Å². The Kier molecular flexibility index (Phi) is 6.51. The van der Waals surface area contributed by atoms with Crippen LogP contribution in [0.1, 0.15) is 29.3 Å². The lowest BCUT2D eigenvalue weighted by atomic mass is 10.0. The second kappa shape index (κ2) is 9.49. The van der Waals surface area contributed by atoms with Gasteiger partial charge in [-0.15, -0.1) is 11.3 Å². The number of anilines is 2. The van der Waals surface area contributed by atoms with Crippen LogP contribution < -0.4 is 10.2 Å². The van der Waals surface area contributed by atoms with Crippen LogP contribution in [0.5, 0.6) is 0 Å². The first kappa shape index (κ1) is 22.0. The second-order valence-corrected chi connectivity index (χ2v) is 9.16. The van der Waals surface area contributed by atoms with Crippen LogP contribution in [0, 0.1) is 20.8 Å². The van der Waals surface area contributed by atoms with Crippen molar-refractivity contribution in [2.24, 2.45) is 0 Å². The van der Waals surface area contributed by atoms with E-state index in [0.29, 0.717) is 19.5 Å². The first-order chi connectivity index (χ1) is 15.5. The minimum absolute atomic E-state index is 0.0937. The van der Waals surface area contributed by atoms with Gasteiger partial charge in [-0.2, -0.15) is 0 Å². The van der Waals surface area contributed by atoms with Gasteiger partial charge in [0.05, 0.1) is 5.39 Å². The molecule has 0 atom stereocenters. The third kappa shape index (κ3) is 4.50. The molecule has 0 aliphatic heterocycles. The van der Waals surface area contributed by atoms with Gasteiger partial charge in [0, 0.05) is 35.6 Å². The minimum atomic E-state index is 0.0937. The monoisotopic (exact) mass is 444 g/mol. The standard InChI is InChI=1S/C26H28N4OS/c1-5-30(21-8-6-7-18(3)15-21)22(31)13-14-27-25-24-23(20-11-9-17(2)10-12-20)19(4)32-26(24)29-16-28-25/h6-12,15-16H,5,13-14H2,1-4H3,(H,27,28,29). The second-order valence-electron chi connectivity index (χ2n) is 7.96. The van der Waals surface area contributed by atoms with Crippen LogP contribution in [0.2, 0.25) is 0 Å². The highest BCUT2D eigenvalue weighted by molar-refractivity contribution is 7.19. The number of nitrogens with zero attached hydrogens (tertiary/aromatic N) is 3. The van der Waals surface area contributed by atoms with Crippen molar-refractivity contribution in [3.05, 3.63) is 70.9 Å². The van der Waals surface area contributed by atoms with Gasteiger partial charge in [0.25, 0.3) is 0 Å². The molecule has 164 valence electrons. The van der Waals surface area contributed by atoms with Gasteiger partial charge in [-0.25, -0.2) is 9.97 Å². The molecule has 0 aliphatic carbocycles. The Hall–Kier alpha value is -3.25. The summed E-state index contributed by atoms with van der Waals surface area (Å²) in [6.07, 6.45) is 1.97. The Labute approximate surface area is 193 Å². The molecule has 0 saturated heterocycles.